The van der Waals surface area contributed by atoms with Gasteiger partial charge in [-0.2, -0.15) is 0 Å². The second kappa shape index (κ2) is 3.98. The van der Waals surface area contributed by atoms with Crippen LogP contribution in [-0.4, -0.2) is 15.1 Å². The summed E-state index contributed by atoms with van der Waals surface area (Å²) in [5, 5.41) is 0.726. The Morgan fingerprint density at radius 1 is 1.20 bits per heavy atom. The van der Waals surface area contributed by atoms with Crippen molar-refractivity contribution in [3.05, 3.63) is 30.0 Å². The van der Waals surface area contributed by atoms with Gasteiger partial charge in [0.1, 0.15) is 5.03 Å². The lowest BCUT2D eigenvalue weighted by molar-refractivity contribution is -0.109. The molecule has 0 aliphatic rings. The highest BCUT2D eigenvalue weighted by Gasteiger charge is 2.07. The van der Waals surface area contributed by atoms with E-state index in [0.717, 1.165) is 28.5 Å². The fourth-order valence-electron chi connectivity index (χ4n) is 1.30. The molecule has 0 atom stereocenters. The third kappa shape index (κ3) is 2.15. The zero-order chi connectivity index (χ0) is 10.8. The van der Waals surface area contributed by atoms with Gasteiger partial charge in [0.2, 0.25) is 0 Å². The highest BCUT2D eigenvalue weighted by molar-refractivity contribution is 8.13. The average molecular weight is 218 g/mol. The molecule has 0 unspecified atom stereocenters. The van der Waals surface area contributed by atoms with Crippen molar-refractivity contribution in [2.24, 2.45) is 0 Å². The van der Waals surface area contributed by atoms with Crippen molar-refractivity contribution in [3.8, 4) is 0 Å². The molecule has 0 spiro atoms. The zero-order valence-electron chi connectivity index (χ0n) is 8.52. The van der Waals surface area contributed by atoms with Crippen molar-refractivity contribution >= 4 is 27.9 Å². The van der Waals surface area contributed by atoms with E-state index in [0.29, 0.717) is 5.03 Å². The van der Waals surface area contributed by atoms with Gasteiger partial charge in [0, 0.05) is 6.92 Å². The van der Waals surface area contributed by atoms with Crippen LogP contribution in [0.25, 0.3) is 11.0 Å². The van der Waals surface area contributed by atoms with E-state index in [1.807, 2.05) is 31.2 Å². The summed E-state index contributed by atoms with van der Waals surface area (Å²) < 4.78 is 0. The number of nitrogens with zero attached hydrogens (tertiary/aromatic N) is 2. The minimum atomic E-state index is 0.0303. The molecule has 4 heteroatoms. The molecule has 0 saturated carbocycles. The zero-order valence-corrected chi connectivity index (χ0v) is 9.34. The van der Waals surface area contributed by atoms with E-state index < -0.39 is 0 Å². The molecular weight excluding hydrogens is 208 g/mol. The Balaban J connectivity index is 2.56. The van der Waals surface area contributed by atoms with E-state index >= 15 is 0 Å². The predicted octanol–water partition coefficient (Wildman–Crippen LogP) is 2.58. The van der Waals surface area contributed by atoms with E-state index in [9.17, 15) is 4.79 Å². The molecule has 0 saturated heterocycles. The largest absolute Gasteiger partial charge is 0.287 e. The minimum absolute atomic E-state index is 0.0303. The maximum atomic E-state index is 11.0. The molecule has 0 aliphatic heterocycles. The Morgan fingerprint density at radius 3 is 2.40 bits per heavy atom. The number of carbonyl (C=O) groups excluding carboxylic acids is 1. The van der Waals surface area contributed by atoms with Gasteiger partial charge in [0.25, 0.3) is 0 Å². The molecule has 0 radical (unpaired) electrons. The van der Waals surface area contributed by atoms with Gasteiger partial charge in [-0.1, -0.05) is 12.1 Å². The Labute approximate surface area is 91.9 Å². The molecule has 0 bridgehead atoms. The number of thioether (sulfide) groups is 1. The summed E-state index contributed by atoms with van der Waals surface area (Å²) in [7, 11) is 0. The van der Waals surface area contributed by atoms with Crippen LogP contribution in [0.2, 0.25) is 0 Å². The Hall–Kier alpha value is -1.42. The Bertz CT molecular complexity index is 525. The summed E-state index contributed by atoms with van der Waals surface area (Å²) in [5.41, 5.74) is 2.49. The summed E-state index contributed by atoms with van der Waals surface area (Å²) in [4.78, 5) is 19.8. The van der Waals surface area contributed by atoms with E-state index in [-0.39, 0.29) is 5.12 Å². The number of aryl methyl sites for hydroxylation is 1. The lowest BCUT2D eigenvalue weighted by Crippen LogP contribution is -1.94. The topological polar surface area (TPSA) is 42.9 Å². The van der Waals surface area contributed by atoms with Gasteiger partial charge in [-0.25, -0.2) is 9.97 Å². The minimum Gasteiger partial charge on any atom is -0.287 e. The Morgan fingerprint density at radius 2 is 1.80 bits per heavy atom. The van der Waals surface area contributed by atoms with Crippen LogP contribution in [0.1, 0.15) is 12.6 Å². The molecule has 2 rings (SSSR count). The molecule has 2 aromatic rings. The standard InChI is InChI=1S/C11H10N2OS/c1-7-11(15-8(2)14)13-10-6-4-3-5-9(10)12-7/h3-6H,1-2H3. The van der Waals surface area contributed by atoms with Gasteiger partial charge < -0.3 is 0 Å². The van der Waals surface area contributed by atoms with Crippen LogP contribution < -0.4 is 0 Å². The first-order valence-corrected chi connectivity index (χ1v) is 5.40. The van der Waals surface area contributed by atoms with Gasteiger partial charge in [-0.15, -0.1) is 0 Å². The molecule has 3 nitrogen and oxygen atoms in total. The van der Waals surface area contributed by atoms with Gasteiger partial charge in [-0.3, -0.25) is 4.79 Å². The predicted molar refractivity (Wildman–Crippen MR) is 60.8 cm³/mol. The highest BCUT2D eigenvalue weighted by atomic mass is 32.2. The van der Waals surface area contributed by atoms with Crippen LogP contribution in [-0.2, 0) is 4.79 Å². The summed E-state index contributed by atoms with van der Waals surface area (Å²) in [6, 6.07) is 7.65. The van der Waals surface area contributed by atoms with Crippen molar-refractivity contribution in [2.75, 3.05) is 0 Å². The molecule has 0 amide bonds. The summed E-state index contributed by atoms with van der Waals surface area (Å²) in [6.07, 6.45) is 0. The summed E-state index contributed by atoms with van der Waals surface area (Å²) in [5.74, 6) is 0. The van der Waals surface area contributed by atoms with E-state index in [2.05, 4.69) is 9.97 Å². The van der Waals surface area contributed by atoms with E-state index in [4.69, 9.17) is 0 Å². The number of rotatable bonds is 1. The van der Waals surface area contributed by atoms with E-state index in [1.54, 1.807) is 0 Å². The third-order valence-corrected chi connectivity index (χ3v) is 2.81. The number of aromatic nitrogens is 2. The fourth-order valence-corrected chi connectivity index (χ4v) is 1.91. The molecule has 1 aromatic carbocycles. The van der Waals surface area contributed by atoms with Crippen molar-refractivity contribution < 1.29 is 4.79 Å². The summed E-state index contributed by atoms with van der Waals surface area (Å²) >= 11 is 1.13. The molecule has 1 aromatic heterocycles. The van der Waals surface area contributed by atoms with Crippen molar-refractivity contribution in [3.63, 3.8) is 0 Å². The van der Waals surface area contributed by atoms with E-state index in [1.165, 1.54) is 6.92 Å². The normalized spacial score (nSPS) is 10.5. The average Bonchev–Trinajstić information content (AvgIpc) is 2.18. The van der Waals surface area contributed by atoms with Crippen molar-refractivity contribution in [1.29, 1.82) is 0 Å². The number of hydrogen-bond acceptors (Lipinski definition) is 4. The third-order valence-electron chi connectivity index (χ3n) is 1.94. The maximum absolute atomic E-state index is 11.0. The van der Waals surface area contributed by atoms with Gasteiger partial charge in [0.15, 0.2) is 5.12 Å². The number of benzene rings is 1. The first kappa shape index (κ1) is 10.1. The first-order chi connectivity index (χ1) is 7.16. The SMILES string of the molecule is CC(=O)Sc1nc2ccccc2nc1C. The molecule has 15 heavy (non-hydrogen) atoms. The molecule has 0 aliphatic carbocycles. The van der Waals surface area contributed by atoms with Crippen LogP contribution in [0.3, 0.4) is 0 Å². The van der Waals surface area contributed by atoms with Crippen LogP contribution in [0.15, 0.2) is 29.3 Å². The molecule has 0 N–H and O–H groups in total. The molecular formula is C11H10N2OS. The van der Waals surface area contributed by atoms with Crippen LogP contribution in [0.4, 0.5) is 0 Å². The molecule has 1 heterocycles. The molecule has 0 fully saturated rings. The first-order valence-electron chi connectivity index (χ1n) is 4.58. The van der Waals surface area contributed by atoms with Crippen LogP contribution in [0, 0.1) is 6.92 Å². The lowest BCUT2D eigenvalue weighted by atomic mass is 10.3. The smallest absolute Gasteiger partial charge is 0.192 e. The molecule has 76 valence electrons. The van der Waals surface area contributed by atoms with Gasteiger partial charge in [0.05, 0.1) is 16.7 Å². The van der Waals surface area contributed by atoms with Crippen LogP contribution >= 0.6 is 11.8 Å². The van der Waals surface area contributed by atoms with Crippen LogP contribution in [0.5, 0.6) is 0 Å². The summed E-state index contributed by atoms with van der Waals surface area (Å²) in [6.45, 7) is 3.39. The Kier molecular flexibility index (Phi) is 2.68. The number of carbonyl (C=O) groups is 1. The quantitative estimate of drug-likeness (QED) is 0.690. The number of para-hydroxylation sites is 2. The fraction of sp³-hybridized carbons (Fsp3) is 0.182. The second-order valence-corrected chi connectivity index (χ2v) is 4.36. The lowest BCUT2D eigenvalue weighted by Gasteiger charge is -2.03. The maximum Gasteiger partial charge on any atom is 0.192 e. The van der Waals surface area contributed by atoms with Gasteiger partial charge in [-0.05, 0) is 30.8 Å². The second-order valence-electron chi connectivity index (χ2n) is 3.20. The van der Waals surface area contributed by atoms with Crippen molar-refractivity contribution in [1.82, 2.24) is 9.97 Å². The van der Waals surface area contributed by atoms with Gasteiger partial charge >= 0.3 is 0 Å². The van der Waals surface area contributed by atoms with Crippen molar-refractivity contribution in [2.45, 2.75) is 18.9 Å². The monoisotopic (exact) mass is 218 g/mol. The number of hydrogen-bond donors (Lipinski definition) is 0. The highest BCUT2D eigenvalue weighted by Crippen LogP contribution is 2.21. The number of fused-ring (bicyclic) bond motifs is 1.